The second-order valence-electron chi connectivity index (χ2n) is 11.1. The molecule has 0 aliphatic carbocycles. The van der Waals surface area contributed by atoms with Crippen LogP contribution in [0.3, 0.4) is 0 Å². The van der Waals surface area contributed by atoms with E-state index in [9.17, 15) is 0 Å². The number of aromatic nitrogens is 1. The molecular weight excluding hydrogens is 456 g/mol. The molecule has 0 unspecified atom stereocenters. The van der Waals surface area contributed by atoms with Crippen LogP contribution in [0.1, 0.15) is 27.8 Å². The van der Waals surface area contributed by atoms with Gasteiger partial charge in [-0.25, -0.2) is 4.57 Å². The first-order chi connectivity index (χ1) is 18.4. The molecule has 0 bridgehead atoms. The third kappa shape index (κ3) is 3.76. The summed E-state index contributed by atoms with van der Waals surface area (Å²) >= 11 is 0. The zero-order valence-electron chi connectivity index (χ0n) is 23.3. The predicted molar refractivity (Wildman–Crippen MR) is 165 cm³/mol. The number of nitrogens with zero attached hydrogens (tertiary/aromatic N) is 1. The van der Waals surface area contributed by atoms with Gasteiger partial charge in [-0.15, -0.1) is 0 Å². The molecule has 6 rings (SSSR count). The fraction of sp³-hybridized carbons (Fsp3) is 0.171. The Bertz CT molecular complexity index is 1630. The topological polar surface area (TPSA) is 3.88 Å². The van der Waals surface area contributed by atoms with E-state index in [1.54, 1.807) is 0 Å². The quantitative estimate of drug-likeness (QED) is 0.265. The average Bonchev–Trinajstić information content (AvgIpc) is 2.90. The van der Waals surface area contributed by atoms with E-state index >= 15 is 0 Å². The van der Waals surface area contributed by atoms with E-state index < -0.39 is 0 Å². The summed E-state index contributed by atoms with van der Waals surface area (Å²) in [5.74, 6) is 0. The van der Waals surface area contributed by atoms with Gasteiger partial charge >= 0.3 is 0 Å². The molecule has 4 aromatic carbocycles. The van der Waals surface area contributed by atoms with Crippen molar-refractivity contribution in [2.45, 2.75) is 34.6 Å². The number of benzene rings is 4. The van der Waals surface area contributed by atoms with Gasteiger partial charge in [-0.2, -0.15) is 0 Å². The zero-order valence-corrected chi connectivity index (χ0v) is 23.3. The summed E-state index contributed by atoms with van der Waals surface area (Å²) in [5, 5.41) is 0. The van der Waals surface area contributed by atoms with Crippen molar-refractivity contribution in [3.05, 3.63) is 125 Å². The number of rotatable bonds is 3. The van der Waals surface area contributed by atoms with E-state index in [0.29, 0.717) is 0 Å². The van der Waals surface area contributed by atoms with Gasteiger partial charge in [0, 0.05) is 16.7 Å². The van der Waals surface area contributed by atoms with E-state index in [-0.39, 0.29) is 13.4 Å². The van der Waals surface area contributed by atoms with Crippen LogP contribution in [0.25, 0.3) is 11.3 Å². The average molecular weight is 490 g/mol. The molecule has 0 N–H and O–H groups in total. The highest BCUT2D eigenvalue weighted by atomic mass is 14.9. The molecule has 38 heavy (non-hydrogen) atoms. The van der Waals surface area contributed by atoms with Gasteiger partial charge in [-0.1, -0.05) is 129 Å². The van der Waals surface area contributed by atoms with E-state index in [1.165, 1.54) is 71.9 Å². The van der Waals surface area contributed by atoms with Gasteiger partial charge in [-0.3, -0.25) is 0 Å². The Balaban J connectivity index is 1.67. The maximum atomic E-state index is 2.37. The standard InChI is InChI=1S/C35H34B2N/c1-23-14-7-8-17-28(23)35-27(5)34(26(4)22-38(35)6)37-31-20-11-9-18-29(31)36(30-19-10-12-21-32(30)37)33-24(2)15-13-16-25(33)3/h7-22H,1-6H3/q+1. The van der Waals surface area contributed by atoms with Gasteiger partial charge in [0.1, 0.15) is 7.05 Å². The van der Waals surface area contributed by atoms with Crippen LogP contribution in [-0.2, 0) is 7.05 Å². The number of hydrogen-bond acceptors (Lipinski definition) is 0. The summed E-state index contributed by atoms with van der Waals surface area (Å²) in [4.78, 5) is 0. The number of fused-ring (bicyclic) bond motifs is 2. The Hall–Kier alpha value is -3.84. The Labute approximate surface area is 228 Å². The van der Waals surface area contributed by atoms with Crippen LogP contribution in [0, 0.1) is 34.6 Å². The normalized spacial score (nSPS) is 12.4. The van der Waals surface area contributed by atoms with Crippen molar-refractivity contribution in [1.29, 1.82) is 0 Å². The van der Waals surface area contributed by atoms with E-state index in [1.807, 2.05) is 0 Å². The minimum atomic E-state index is 0.187. The molecule has 1 aromatic heterocycles. The Kier molecular flexibility index (Phi) is 6.11. The van der Waals surface area contributed by atoms with Crippen LogP contribution >= 0.6 is 0 Å². The first-order valence-electron chi connectivity index (χ1n) is 13.7. The maximum absolute atomic E-state index is 2.37. The van der Waals surface area contributed by atoms with Gasteiger partial charge in [0.25, 0.3) is 0 Å². The molecule has 5 aromatic rings. The van der Waals surface area contributed by atoms with E-state index in [2.05, 4.69) is 143 Å². The Morgan fingerprint density at radius 2 is 0.921 bits per heavy atom. The van der Waals surface area contributed by atoms with Gasteiger partial charge in [0.05, 0.1) is 0 Å². The van der Waals surface area contributed by atoms with Crippen LogP contribution in [0.5, 0.6) is 0 Å². The first kappa shape index (κ1) is 24.5. The highest BCUT2D eigenvalue weighted by Gasteiger charge is 2.41. The third-order valence-electron chi connectivity index (χ3n) is 8.68. The minimum Gasteiger partial charge on any atom is -0.201 e. The van der Waals surface area contributed by atoms with Crippen molar-refractivity contribution < 1.29 is 4.57 Å². The molecule has 0 radical (unpaired) electrons. The van der Waals surface area contributed by atoms with E-state index in [4.69, 9.17) is 0 Å². The molecule has 0 amide bonds. The lowest BCUT2D eigenvalue weighted by molar-refractivity contribution is -0.660. The van der Waals surface area contributed by atoms with Crippen molar-refractivity contribution >= 4 is 46.2 Å². The lowest BCUT2D eigenvalue weighted by Crippen LogP contribution is -2.76. The predicted octanol–water partition coefficient (Wildman–Crippen LogP) is 3.07. The van der Waals surface area contributed by atoms with E-state index in [0.717, 1.165) is 0 Å². The molecule has 1 nitrogen and oxygen atoms in total. The summed E-state index contributed by atoms with van der Waals surface area (Å²) in [6.45, 7) is 11.8. The smallest absolute Gasteiger partial charge is 0.201 e. The monoisotopic (exact) mass is 490 g/mol. The van der Waals surface area contributed by atoms with Crippen LogP contribution < -0.4 is 37.3 Å². The summed E-state index contributed by atoms with van der Waals surface area (Å²) in [6.07, 6.45) is 2.33. The molecular formula is C35H34B2N+. The van der Waals surface area contributed by atoms with Crippen LogP contribution in [0.4, 0.5) is 0 Å². The molecule has 1 aliphatic heterocycles. The third-order valence-corrected chi connectivity index (χ3v) is 8.68. The lowest BCUT2D eigenvalue weighted by Gasteiger charge is -2.34. The first-order valence-corrected chi connectivity index (χ1v) is 13.7. The molecule has 184 valence electrons. The highest BCUT2D eigenvalue weighted by Crippen LogP contribution is 2.23. The number of aryl methyl sites for hydroxylation is 5. The second kappa shape index (κ2) is 9.48. The molecule has 0 spiro atoms. The number of hydrogen-bond donors (Lipinski definition) is 0. The van der Waals surface area contributed by atoms with Crippen molar-refractivity contribution in [3.63, 3.8) is 0 Å². The molecule has 3 heteroatoms. The van der Waals surface area contributed by atoms with Crippen LogP contribution in [0.15, 0.2) is 97.2 Å². The highest BCUT2D eigenvalue weighted by molar-refractivity contribution is 7.11. The van der Waals surface area contributed by atoms with Crippen molar-refractivity contribution in [2.75, 3.05) is 0 Å². The minimum absolute atomic E-state index is 0.187. The molecule has 0 saturated heterocycles. The largest absolute Gasteiger partial charge is 0.241 e. The van der Waals surface area contributed by atoms with Gasteiger partial charge in [0.2, 0.25) is 19.1 Å². The summed E-state index contributed by atoms with van der Waals surface area (Å²) in [5.41, 5.74) is 17.9. The molecule has 1 aliphatic rings. The number of pyridine rings is 1. The summed E-state index contributed by atoms with van der Waals surface area (Å²) in [7, 11) is 2.19. The van der Waals surface area contributed by atoms with Gasteiger partial charge in [-0.05, 0) is 46.2 Å². The molecule has 0 atom stereocenters. The van der Waals surface area contributed by atoms with Crippen molar-refractivity contribution in [1.82, 2.24) is 0 Å². The SMILES string of the molecule is Cc1ccccc1-c1c(C)c(B2c3ccccc3B(c3c(C)cccc3C)c3ccccc32)c(C)c[n+]1C. The zero-order chi connectivity index (χ0) is 26.6. The Morgan fingerprint density at radius 3 is 1.45 bits per heavy atom. The van der Waals surface area contributed by atoms with Crippen LogP contribution in [-0.4, -0.2) is 13.4 Å². The fourth-order valence-electron chi connectivity index (χ4n) is 7.10. The fourth-order valence-corrected chi connectivity index (χ4v) is 7.10. The lowest BCUT2D eigenvalue weighted by atomic mass is 9.20. The Morgan fingerprint density at radius 1 is 0.474 bits per heavy atom. The summed E-state index contributed by atoms with van der Waals surface area (Å²) in [6, 6.07) is 33.8. The molecule has 0 saturated carbocycles. The van der Waals surface area contributed by atoms with Crippen molar-refractivity contribution in [2.24, 2.45) is 7.05 Å². The second-order valence-corrected chi connectivity index (χ2v) is 11.1. The molecule has 2 heterocycles. The van der Waals surface area contributed by atoms with Gasteiger partial charge in [0.15, 0.2) is 6.20 Å². The maximum Gasteiger partial charge on any atom is 0.241 e. The molecule has 0 fully saturated rings. The summed E-state index contributed by atoms with van der Waals surface area (Å²) < 4.78 is 2.32. The van der Waals surface area contributed by atoms with Crippen LogP contribution in [0.2, 0.25) is 0 Å². The van der Waals surface area contributed by atoms with Gasteiger partial charge < -0.3 is 0 Å². The van der Waals surface area contributed by atoms with Crippen molar-refractivity contribution in [3.8, 4) is 11.3 Å².